The fraction of sp³-hybridized carbons (Fsp3) is 0.516. The molecule has 7 nitrogen and oxygen atoms in total. The van der Waals surface area contributed by atoms with Gasteiger partial charge in [-0.15, -0.1) is 6.58 Å². The second kappa shape index (κ2) is 14.1. The van der Waals surface area contributed by atoms with Gasteiger partial charge in [0.1, 0.15) is 12.4 Å². The fourth-order valence-electron chi connectivity index (χ4n) is 5.15. The number of aromatic nitrogens is 2. The van der Waals surface area contributed by atoms with Crippen LogP contribution in [0.5, 0.6) is 0 Å². The number of thiazole rings is 1. The molecule has 1 aliphatic heterocycles. The first-order chi connectivity index (χ1) is 19.0. The summed E-state index contributed by atoms with van der Waals surface area (Å²) >= 11 is 1.45. The molecule has 0 bridgehead atoms. The van der Waals surface area contributed by atoms with Crippen molar-refractivity contribution in [3.05, 3.63) is 71.2 Å². The van der Waals surface area contributed by atoms with Crippen molar-refractivity contribution in [2.45, 2.75) is 84.3 Å². The summed E-state index contributed by atoms with van der Waals surface area (Å²) in [6.07, 6.45) is 13.1. The highest BCUT2D eigenvalue weighted by atomic mass is 32.1. The van der Waals surface area contributed by atoms with Gasteiger partial charge in [-0.1, -0.05) is 69.1 Å². The lowest BCUT2D eigenvalue weighted by Crippen LogP contribution is -2.50. The molecule has 0 amide bonds. The van der Waals surface area contributed by atoms with E-state index in [1.807, 2.05) is 24.3 Å². The summed E-state index contributed by atoms with van der Waals surface area (Å²) in [6, 6.07) is 9.87. The Hall–Kier alpha value is -2.65. The Balaban J connectivity index is 1.58. The molecule has 0 spiro atoms. The molecule has 2 unspecified atom stereocenters. The minimum absolute atomic E-state index is 0.199. The van der Waals surface area contributed by atoms with Gasteiger partial charge >= 0.3 is 5.97 Å². The number of nitrogens with zero attached hydrogens (tertiary/aromatic N) is 4. The third-order valence-corrected chi connectivity index (χ3v) is 8.63. The highest BCUT2D eigenvalue weighted by molar-refractivity contribution is 7.22. The number of carbonyl (C=O) groups is 1. The van der Waals surface area contributed by atoms with Crippen LogP contribution in [0.4, 0.5) is 5.13 Å². The van der Waals surface area contributed by atoms with Crippen molar-refractivity contribution in [1.29, 1.82) is 0 Å². The fourth-order valence-corrected chi connectivity index (χ4v) is 6.32. The second-order valence-electron chi connectivity index (χ2n) is 10.5. The normalized spacial score (nSPS) is 19.5. The van der Waals surface area contributed by atoms with Crippen LogP contribution >= 0.6 is 11.3 Å². The summed E-state index contributed by atoms with van der Waals surface area (Å²) in [5.74, 6) is -0.551. The van der Waals surface area contributed by atoms with Gasteiger partial charge in [0.25, 0.3) is 11.4 Å². The first kappa shape index (κ1) is 29.3. The van der Waals surface area contributed by atoms with E-state index < -0.39 is 16.8 Å². The molecule has 1 fully saturated rings. The van der Waals surface area contributed by atoms with Crippen LogP contribution in [0.2, 0.25) is 0 Å². The van der Waals surface area contributed by atoms with Gasteiger partial charge in [-0.05, 0) is 67.9 Å². The number of benzene rings is 1. The highest BCUT2D eigenvalue weighted by Gasteiger charge is 2.46. The minimum Gasteiger partial charge on any atom is -0.622 e. The SMILES string of the molecule is C=CCCCN1CC(OC(=O)c2cc(CCCCC)ccn2)[N+]([O-])(c2nc3cccc(CCCCC)c3s2)C1. The number of rotatable bonds is 15. The maximum Gasteiger partial charge on any atom is 0.361 e. The summed E-state index contributed by atoms with van der Waals surface area (Å²) in [4.78, 5) is 24.4. The minimum atomic E-state index is -0.907. The predicted molar refractivity (Wildman–Crippen MR) is 161 cm³/mol. The van der Waals surface area contributed by atoms with Gasteiger partial charge in [0.05, 0.1) is 16.8 Å². The van der Waals surface area contributed by atoms with Crippen molar-refractivity contribution in [1.82, 2.24) is 19.5 Å². The molecule has 3 heterocycles. The van der Waals surface area contributed by atoms with E-state index in [4.69, 9.17) is 9.72 Å². The van der Waals surface area contributed by atoms with E-state index in [9.17, 15) is 10.0 Å². The smallest absolute Gasteiger partial charge is 0.361 e. The molecular formula is C31H42N4O3S. The lowest BCUT2D eigenvalue weighted by molar-refractivity contribution is 0.00501. The van der Waals surface area contributed by atoms with E-state index in [1.54, 1.807) is 12.3 Å². The van der Waals surface area contributed by atoms with Crippen molar-refractivity contribution < 1.29 is 9.53 Å². The quantitative estimate of drug-likeness (QED) is 0.0646. The van der Waals surface area contributed by atoms with Gasteiger partial charge in [-0.3, -0.25) is 4.65 Å². The standard InChI is InChI=1S/C31H42N4O3S/c1-4-7-10-14-24-18-19-32-27(21-24)30(36)38-28-22-34(20-12-9-6-3)23-35(28,37)31-33-26-17-13-16-25(29(26)39-31)15-11-8-5-2/h6,13,16-19,21,28H,3-5,7-12,14-15,20,22-23H2,1-2H3. The van der Waals surface area contributed by atoms with E-state index in [2.05, 4.69) is 36.4 Å². The predicted octanol–water partition coefficient (Wildman–Crippen LogP) is 7.38. The monoisotopic (exact) mass is 550 g/mol. The van der Waals surface area contributed by atoms with E-state index in [1.165, 1.54) is 23.3 Å². The molecule has 1 aromatic carbocycles. The topological polar surface area (TPSA) is 78.4 Å². The van der Waals surface area contributed by atoms with Crippen LogP contribution in [-0.2, 0) is 17.6 Å². The van der Waals surface area contributed by atoms with Gasteiger partial charge < -0.3 is 9.94 Å². The average molecular weight is 551 g/mol. The molecule has 0 aliphatic carbocycles. The highest BCUT2D eigenvalue weighted by Crippen LogP contribution is 2.39. The number of quaternary nitrogens is 1. The summed E-state index contributed by atoms with van der Waals surface area (Å²) in [6.45, 7) is 9.48. The molecule has 3 aromatic rings. The number of esters is 1. The lowest BCUT2D eigenvalue weighted by atomic mass is 10.1. The maximum absolute atomic E-state index is 14.6. The number of aryl methyl sites for hydroxylation is 2. The molecule has 2 aromatic heterocycles. The Labute approximate surface area is 236 Å². The molecule has 0 saturated carbocycles. The number of hydrogen-bond donors (Lipinski definition) is 0. The third-order valence-electron chi connectivity index (χ3n) is 7.38. The van der Waals surface area contributed by atoms with Gasteiger partial charge in [-0.2, -0.15) is 4.98 Å². The molecule has 1 saturated heterocycles. The Morgan fingerprint density at radius 3 is 2.74 bits per heavy atom. The number of allylic oxidation sites excluding steroid dienone is 1. The number of hydrogen-bond acceptors (Lipinski definition) is 7. The summed E-state index contributed by atoms with van der Waals surface area (Å²) in [7, 11) is 0. The zero-order chi connectivity index (χ0) is 27.7. The second-order valence-corrected chi connectivity index (χ2v) is 11.5. The van der Waals surface area contributed by atoms with Crippen LogP contribution in [0.3, 0.4) is 0 Å². The van der Waals surface area contributed by atoms with Crippen molar-refractivity contribution in [2.24, 2.45) is 0 Å². The zero-order valence-corrected chi connectivity index (χ0v) is 24.3. The molecule has 1 aliphatic rings. The van der Waals surface area contributed by atoms with Crippen molar-refractivity contribution in [2.75, 3.05) is 19.8 Å². The zero-order valence-electron chi connectivity index (χ0n) is 23.4. The molecule has 2 atom stereocenters. The Bertz CT molecular complexity index is 1250. The Kier molecular flexibility index (Phi) is 10.6. The molecular weight excluding hydrogens is 508 g/mol. The van der Waals surface area contributed by atoms with Gasteiger partial charge in [-0.25, -0.2) is 14.7 Å². The molecule has 39 heavy (non-hydrogen) atoms. The first-order valence-electron chi connectivity index (χ1n) is 14.4. The van der Waals surface area contributed by atoms with Gasteiger partial charge in [0.15, 0.2) is 0 Å². The van der Waals surface area contributed by atoms with Gasteiger partial charge in [0, 0.05) is 12.7 Å². The van der Waals surface area contributed by atoms with E-state index in [0.29, 0.717) is 11.7 Å². The van der Waals surface area contributed by atoms with Crippen LogP contribution in [0.1, 0.15) is 86.8 Å². The number of ether oxygens (including phenoxy) is 1. The number of unbranched alkanes of at least 4 members (excludes halogenated alkanes) is 5. The summed E-state index contributed by atoms with van der Waals surface area (Å²) in [5, 5.41) is 15.0. The average Bonchev–Trinajstić information content (AvgIpc) is 3.52. The molecule has 210 valence electrons. The van der Waals surface area contributed by atoms with Crippen molar-refractivity contribution >= 4 is 32.7 Å². The van der Waals surface area contributed by atoms with Gasteiger partial charge in [0.2, 0.25) is 0 Å². The third kappa shape index (κ3) is 7.31. The number of hydroxylamine groups is 2. The van der Waals surface area contributed by atoms with E-state index in [-0.39, 0.29) is 12.4 Å². The Morgan fingerprint density at radius 1 is 1.18 bits per heavy atom. The molecule has 8 heteroatoms. The van der Waals surface area contributed by atoms with Crippen molar-refractivity contribution in [3.63, 3.8) is 0 Å². The van der Waals surface area contributed by atoms with E-state index >= 15 is 0 Å². The molecule has 0 N–H and O–H groups in total. The Morgan fingerprint density at radius 2 is 1.97 bits per heavy atom. The van der Waals surface area contributed by atoms with Crippen LogP contribution < -0.4 is 4.65 Å². The maximum atomic E-state index is 14.6. The first-order valence-corrected chi connectivity index (χ1v) is 15.3. The molecule has 0 radical (unpaired) electrons. The largest absolute Gasteiger partial charge is 0.622 e. The number of carbonyl (C=O) groups excluding carboxylic acids is 1. The summed E-state index contributed by atoms with van der Waals surface area (Å²) in [5.41, 5.74) is 3.39. The lowest BCUT2D eigenvalue weighted by Gasteiger charge is -2.38. The number of fused-ring (bicyclic) bond motifs is 1. The number of pyridine rings is 1. The molecule has 4 rings (SSSR count). The van der Waals surface area contributed by atoms with E-state index in [0.717, 1.165) is 80.1 Å². The van der Waals surface area contributed by atoms with Crippen LogP contribution in [0.15, 0.2) is 49.2 Å². The van der Waals surface area contributed by atoms with Crippen LogP contribution in [-0.4, -0.2) is 46.8 Å². The van der Waals surface area contributed by atoms with Crippen molar-refractivity contribution in [3.8, 4) is 0 Å². The van der Waals surface area contributed by atoms with Crippen LogP contribution in [0, 0.1) is 5.21 Å². The summed E-state index contributed by atoms with van der Waals surface area (Å²) < 4.78 is 6.23. The van der Waals surface area contributed by atoms with Crippen LogP contribution in [0.25, 0.3) is 10.2 Å².